The van der Waals surface area contributed by atoms with Gasteiger partial charge in [-0.1, -0.05) is 28.9 Å². The van der Waals surface area contributed by atoms with Crippen molar-refractivity contribution < 1.29 is 9.32 Å². The third-order valence-electron chi connectivity index (χ3n) is 3.51. The average Bonchev–Trinajstić information content (AvgIpc) is 3.15. The van der Waals surface area contributed by atoms with Gasteiger partial charge in [-0.2, -0.15) is 0 Å². The van der Waals surface area contributed by atoms with Gasteiger partial charge in [-0.3, -0.25) is 4.79 Å². The van der Waals surface area contributed by atoms with Crippen molar-refractivity contribution in [3.8, 4) is 10.6 Å². The van der Waals surface area contributed by atoms with Crippen LogP contribution in [0.3, 0.4) is 0 Å². The lowest BCUT2D eigenvalue weighted by Gasteiger charge is -2.05. The van der Waals surface area contributed by atoms with Crippen LogP contribution < -0.4 is 5.32 Å². The van der Waals surface area contributed by atoms with Crippen molar-refractivity contribution in [2.45, 2.75) is 13.3 Å². The number of amides is 1. The van der Waals surface area contributed by atoms with Crippen LogP contribution >= 0.6 is 38.9 Å². The van der Waals surface area contributed by atoms with E-state index in [1.54, 1.807) is 6.92 Å². The average molecular weight is 426 g/mol. The Kier molecular flexibility index (Phi) is 5.38. The number of aryl methyl sites for hydroxylation is 1. The minimum Gasteiger partial charge on any atom is -0.360 e. The van der Waals surface area contributed by atoms with Gasteiger partial charge in [0, 0.05) is 11.6 Å². The van der Waals surface area contributed by atoms with E-state index in [9.17, 15) is 4.79 Å². The zero-order valence-electron chi connectivity index (χ0n) is 12.8. The Morgan fingerprint density at radius 1 is 1.29 bits per heavy atom. The third-order valence-corrected chi connectivity index (χ3v) is 5.39. The van der Waals surface area contributed by atoms with Crippen LogP contribution in [0.15, 0.2) is 44.7 Å². The second kappa shape index (κ2) is 7.51. The quantitative estimate of drug-likeness (QED) is 0.619. The summed E-state index contributed by atoms with van der Waals surface area (Å²) in [7, 11) is 0. The lowest BCUT2D eigenvalue weighted by Crippen LogP contribution is -2.26. The van der Waals surface area contributed by atoms with E-state index in [-0.39, 0.29) is 5.91 Å². The number of nitrogens with one attached hydrogen (secondary N) is 1. The van der Waals surface area contributed by atoms with Gasteiger partial charge in [0.05, 0.1) is 8.66 Å². The Bertz CT molecular complexity index is 858. The van der Waals surface area contributed by atoms with Crippen LogP contribution in [0.5, 0.6) is 0 Å². The minimum atomic E-state index is -0.178. The highest BCUT2D eigenvalue weighted by molar-refractivity contribution is 9.11. The number of nitrogens with zero attached hydrogens (tertiary/aromatic N) is 1. The van der Waals surface area contributed by atoms with Crippen LogP contribution in [0.2, 0.25) is 5.02 Å². The number of benzene rings is 1. The molecule has 2 aromatic heterocycles. The Morgan fingerprint density at radius 3 is 2.71 bits per heavy atom. The first-order chi connectivity index (χ1) is 11.5. The smallest absolute Gasteiger partial charge is 0.257 e. The minimum absolute atomic E-state index is 0.178. The van der Waals surface area contributed by atoms with Gasteiger partial charge in [-0.15, -0.1) is 11.3 Å². The normalized spacial score (nSPS) is 10.8. The molecule has 0 saturated heterocycles. The molecule has 0 aliphatic heterocycles. The maximum absolute atomic E-state index is 12.5. The fraction of sp³-hybridized carbons (Fsp3) is 0.176. The van der Waals surface area contributed by atoms with Crippen molar-refractivity contribution in [2.75, 3.05) is 6.54 Å². The Morgan fingerprint density at radius 2 is 2.04 bits per heavy atom. The zero-order valence-corrected chi connectivity index (χ0v) is 16.0. The molecule has 4 nitrogen and oxygen atoms in total. The highest BCUT2D eigenvalue weighted by Gasteiger charge is 2.22. The number of carbonyl (C=O) groups is 1. The molecule has 3 rings (SSSR count). The SMILES string of the molecule is Cc1onc(-c2ccc(Br)s2)c1C(=O)NCCc1ccc(Cl)cc1. The van der Waals surface area contributed by atoms with Crippen molar-refractivity contribution in [2.24, 2.45) is 0 Å². The number of carbonyl (C=O) groups excluding carboxylic acids is 1. The van der Waals surface area contributed by atoms with E-state index in [2.05, 4.69) is 26.4 Å². The molecular weight excluding hydrogens is 412 g/mol. The van der Waals surface area contributed by atoms with Crippen molar-refractivity contribution in [1.29, 1.82) is 0 Å². The first-order valence-electron chi connectivity index (χ1n) is 7.29. The standard InChI is InChI=1S/C17H14BrClN2O2S/c1-10-15(16(21-23-10)13-6-7-14(18)24-13)17(22)20-9-8-11-2-4-12(19)5-3-11/h2-7H,8-9H2,1H3,(H,20,22). The molecule has 0 aliphatic carbocycles. The van der Waals surface area contributed by atoms with E-state index in [0.29, 0.717) is 28.6 Å². The van der Waals surface area contributed by atoms with Crippen LogP contribution in [0, 0.1) is 6.92 Å². The molecule has 0 spiro atoms. The highest BCUT2D eigenvalue weighted by atomic mass is 79.9. The number of hydrogen-bond donors (Lipinski definition) is 1. The molecule has 0 unspecified atom stereocenters. The monoisotopic (exact) mass is 424 g/mol. The highest BCUT2D eigenvalue weighted by Crippen LogP contribution is 2.33. The van der Waals surface area contributed by atoms with Gasteiger partial charge in [0.1, 0.15) is 17.0 Å². The second-order valence-electron chi connectivity index (χ2n) is 5.20. The van der Waals surface area contributed by atoms with Crippen molar-refractivity contribution in [3.05, 3.63) is 62.1 Å². The topological polar surface area (TPSA) is 55.1 Å². The van der Waals surface area contributed by atoms with Crippen LogP contribution in [0.1, 0.15) is 21.7 Å². The molecule has 0 atom stereocenters. The molecule has 0 radical (unpaired) electrons. The number of halogens is 2. The number of thiophene rings is 1. The maximum atomic E-state index is 12.5. The summed E-state index contributed by atoms with van der Waals surface area (Å²) >= 11 is 10.8. The molecular formula is C17H14BrClN2O2S. The Balaban J connectivity index is 1.69. The lowest BCUT2D eigenvalue weighted by atomic mass is 10.1. The number of hydrogen-bond acceptors (Lipinski definition) is 4. The second-order valence-corrected chi connectivity index (χ2v) is 8.10. The summed E-state index contributed by atoms with van der Waals surface area (Å²) < 4.78 is 6.20. The van der Waals surface area contributed by atoms with Crippen molar-refractivity contribution in [1.82, 2.24) is 10.5 Å². The first-order valence-corrected chi connectivity index (χ1v) is 9.28. The molecule has 2 heterocycles. The summed E-state index contributed by atoms with van der Waals surface area (Å²) in [6.45, 7) is 2.27. The molecule has 3 aromatic rings. The molecule has 0 bridgehead atoms. The number of rotatable bonds is 5. The van der Waals surface area contributed by atoms with E-state index in [4.69, 9.17) is 16.1 Å². The summed E-state index contributed by atoms with van der Waals surface area (Å²) in [6.07, 6.45) is 0.729. The van der Waals surface area contributed by atoms with Crippen molar-refractivity contribution >= 4 is 44.8 Å². The van der Waals surface area contributed by atoms with Gasteiger partial charge < -0.3 is 9.84 Å². The number of aromatic nitrogens is 1. The molecule has 0 aliphatic rings. The molecule has 24 heavy (non-hydrogen) atoms. The molecule has 0 fully saturated rings. The van der Waals surface area contributed by atoms with Gasteiger partial charge in [0.2, 0.25) is 0 Å². The molecule has 0 saturated carbocycles. The van der Waals surface area contributed by atoms with Crippen LogP contribution in [0.4, 0.5) is 0 Å². The molecule has 1 N–H and O–H groups in total. The molecule has 124 valence electrons. The van der Waals surface area contributed by atoms with E-state index >= 15 is 0 Å². The van der Waals surface area contributed by atoms with Gasteiger partial charge in [0.15, 0.2) is 0 Å². The Hall–Kier alpha value is -1.63. The third kappa shape index (κ3) is 3.88. The molecule has 7 heteroatoms. The predicted molar refractivity (Wildman–Crippen MR) is 99.7 cm³/mol. The molecule has 1 aromatic carbocycles. The van der Waals surface area contributed by atoms with E-state index in [1.165, 1.54) is 11.3 Å². The summed E-state index contributed by atoms with van der Waals surface area (Å²) in [6, 6.07) is 11.4. The summed E-state index contributed by atoms with van der Waals surface area (Å²) in [5, 5.41) is 7.67. The van der Waals surface area contributed by atoms with Crippen LogP contribution in [-0.4, -0.2) is 17.6 Å². The van der Waals surface area contributed by atoms with E-state index < -0.39 is 0 Å². The fourth-order valence-corrected chi connectivity index (χ4v) is 3.81. The summed E-state index contributed by atoms with van der Waals surface area (Å²) in [5.41, 5.74) is 2.18. The lowest BCUT2D eigenvalue weighted by molar-refractivity contribution is 0.0953. The van der Waals surface area contributed by atoms with Gasteiger partial charge >= 0.3 is 0 Å². The summed E-state index contributed by atoms with van der Waals surface area (Å²) in [5.74, 6) is 0.334. The first kappa shape index (κ1) is 17.2. The molecule has 1 amide bonds. The fourth-order valence-electron chi connectivity index (χ4n) is 2.31. The maximum Gasteiger partial charge on any atom is 0.257 e. The zero-order chi connectivity index (χ0) is 17.1. The van der Waals surface area contributed by atoms with Crippen LogP contribution in [-0.2, 0) is 6.42 Å². The van der Waals surface area contributed by atoms with E-state index in [1.807, 2.05) is 36.4 Å². The predicted octanol–water partition coefficient (Wildman–Crippen LogP) is 5.10. The largest absolute Gasteiger partial charge is 0.360 e. The van der Waals surface area contributed by atoms with Gasteiger partial charge in [0.25, 0.3) is 5.91 Å². The van der Waals surface area contributed by atoms with Crippen LogP contribution in [0.25, 0.3) is 10.6 Å². The Labute approximate surface area is 156 Å². The van der Waals surface area contributed by atoms with Gasteiger partial charge in [-0.25, -0.2) is 0 Å². The van der Waals surface area contributed by atoms with Gasteiger partial charge in [-0.05, 0) is 59.1 Å². The van der Waals surface area contributed by atoms with E-state index in [0.717, 1.165) is 20.6 Å². The van der Waals surface area contributed by atoms with Crippen molar-refractivity contribution in [3.63, 3.8) is 0 Å². The summed E-state index contributed by atoms with van der Waals surface area (Å²) in [4.78, 5) is 13.4.